The summed E-state index contributed by atoms with van der Waals surface area (Å²) in [7, 11) is 1.68. The van der Waals surface area contributed by atoms with Gasteiger partial charge in [0, 0.05) is 29.3 Å². The molecule has 0 aliphatic heterocycles. The Morgan fingerprint density at radius 1 is 1.12 bits per heavy atom. The lowest BCUT2D eigenvalue weighted by Crippen LogP contribution is -2.62. The molecule has 0 saturated heterocycles. The molecule has 2 aromatic carbocycles. The van der Waals surface area contributed by atoms with Crippen molar-refractivity contribution in [2.24, 2.45) is 0 Å². The molecular formula is C27H32N4O3. The highest BCUT2D eigenvalue weighted by Gasteiger charge is 2.35. The SMILES string of the molecule is CNC(C)(C)C(NC(=O)c1ccc(/C=C/C#Cc2ccc(CNC3CC3)cc2)cc1)C(=O)NO. The van der Waals surface area contributed by atoms with Gasteiger partial charge in [-0.05, 0) is 81.3 Å². The van der Waals surface area contributed by atoms with Gasteiger partial charge >= 0.3 is 0 Å². The standard InChI is InChI=1S/C27H32N4O3/c1-27(2,28-3)24(26(33)31-34)30-25(32)22-14-12-20(13-15-22)7-5-4-6-19-8-10-21(11-9-19)18-29-23-16-17-23/h5,7-15,23-24,28-29,34H,16-18H2,1-3H3,(H,30,32)(H,31,33)/b7-5+. The largest absolute Gasteiger partial charge is 0.338 e. The van der Waals surface area contributed by atoms with Crippen LogP contribution in [0.5, 0.6) is 0 Å². The van der Waals surface area contributed by atoms with E-state index in [1.54, 1.807) is 56.7 Å². The summed E-state index contributed by atoms with van der Waals surface area (Å²) in [4.78, 5) is 24.6. The topological polar surface area (TPSA) is 102 Å². The van der Waals surface area contributed by atoms with Crippen molar-refractivity contribution in [1.29, 1.82) is 0 Å². The van der Waals surface area contributed by atoms with Gasteiger partial charge in [-0.15, -0.1) is 0 Å². The second-order valence-electron chi connectivity index (χ2n) is 8.93. The van der Waals surface area contributed by atoms with Crippen molar-refractivity contribution in [3.05, 3.63) is 76.9 Å². The van der Waals surface area contributed by atoms with Gasteiger partial charge in [-0.25, -0.2) is 5.48 Å². The van der Waals surface area contributed by atoms with Gasteiger partial charge in [0.2, 0.25) is 0 Å². The van der Waals surface area contributed by atoms with E-state index >= 15 is 0 Å². The number of carbonyl (C=O) groups excluding carboxylic acids is 2. The number of rotatable bonds is 9. The summed E-state index contributed by atoms with van der Waals surface area (Å²) in [5.74, 6) is 5.04. The molecule has 2 amide bonds. The van der Waals surface area contributed by atoms with Crippen molar-refractivity contribution in [1.82, 2.24) is 21.4 Å². The van der Waals surface area contributed by atoms with Crippen LogP contribution >= 0.6 is 0 Å². The van der Waals surface area contributed by atoms with Crippen LogP contribution in [0.25, 0.3) is 6.08 Å². The number of hydrogen-bond donors (Lipinski definition) is 5. The van der Waals surface area contributed by atoms with Crippen LogP contribution in [0.2, 0.25) is 0 Å². The average Bonchev–Trinajstić information content (AvgIpc) is 3.69. The van der Waals surface area contributed by atoms with Crippen LogP contribution in [0.4, 0.5) is 0 Å². The molecule has 0 heterocycles. The Hall–Kier alpha value is -3.44. The minimum atomic E-state index is -0.964. The van der Waals surface area contributed by atoms with Crippen LogP contribution in [-0.2, 0) is 11.3 Å². The molecule has 1 atom stereocenters. The Balaban J connectivity index is 1.55. The fraction of sp³-hybridized carbons (Fsp3) is 0.333. The number of hydrogen-bond acceptors (Lipinski definition) is 5. The maximum absolute atomic E-state index is 12.6. The van der Waals surface area contributed by atoms with E-state index in [9.17, 15) is 9.59 Å². The van der Waals surface area contributed by atoms with Gasteiger partial charge in [0.15, 0.2) is 0 Å². The zero-order valence-corrected chi connectivity index (χ0v) is 19.8. The number of amides is 2. The Bertz CT molecular complexity index is 1080. The highest BCUT2D eigenvalue weighted by Crippen LogP contribution is 2.19. The molecule has 0 bridgehead atoms. The molecule has 3 rings (SSSR count). The van der Waals surface area contributed by atoms with Crippen LogP contribution in [-0.4, -0.2) is 41.7 Å². The quantitative estimate of drug-likeness (QED) is 0.225. The van der Waals surface area contributed by atoms with E-state index in [0.29, 0.717) is 11.6 Å². The molecule has 0 spiro atoms. The fourth-order valence-corrected chi connectivity index (χ4v) is 3.26. The van der Waals surface area contributed by atoms with Crippen LogP contribution in [0.1, 0.15) is 53.7 Å². The van der Waals surface area contributed by atoms with Crippen molar-refractivity contribution in [2.75, 3.05) is 7.05 Å². The molecule has 7 heteroatoms. The van der Waals surface area contributed by atoms with Gasteiger partial charge in [-0.1, -0.05) is 36.1 Å². The highest BCUT2D eigenvalue weighted by atomic mass is 16.5. The summed E-state index contributed by atoms with van der Waals surface area (Å²) in [5.41, 5.74) is 4.36. The maximum Gasteiger partial charge on any atom is 0.267 e. The fourth-order valence-electron chi connectivity index (χ4n) is 3.26. The Labute approximate surface area is 201 Å². The molecule has 7 nitrogen and oxygen atoms in total. The van der Waals surface area contributed by atoms with Gasteiger partial charge < -0.3 is 16.0 Å². The van der Waals surface area contributed by atoms with Gasteiger partial charge in [0.1, 0.15) is 6.04 Å². The van der Waals surface area contributed by atoms with Crippen molar-refractivity contribution >= 4 is 17.9 Å². The summed E-state index contributed by atoms with van der Waals surface area (Å²) >= 11 is 0. The molecule has 34 heavy (non-hydrogen) atoms. The molecule has 1 fully saturated rings. The van der Waals surface area contributed by atoms with Crippen molar-refractivity contribution < 1.29 is 14.8 Å². The Kier molecular flexibility index (Phi) is 8.61. The molecule has 1 unspecified atom stereocenters. The number of likely N-dealkylation sites (N-methyl/N-ethyl adjacent to an activating group) is 1. The molecular weight excluding hydrogens is 428 g/mol. The first-order valence-electron chi connectivity index (χ1n) is 11.4. The highest BCUT2D eigenvalue weighted by molar-refractivity contribution is 5.98. The molecule has 0 radical (unpaired) electrons. The number of nitrogens with one attached hydrogen (secondary N) is 4. The summed E-state index contributed by atoms with van der Waals surface area (Å²) < 4.78 is 0. The number of carbonyl (C=O) groups is 2. The lowest BCUT2D eigenvalue weighted by atomic mass is 9.93. The average molecular weight is 461 g/mol. The summed E-state index contributed by atoms with van der Waals surface area (Å²) in [6.07, 6.45) is 6.21. The molecule has 178 valence electrons. The summed E-state index contributed by atoms with van der Waals surface area (Å²) in [6.45, 7) is 4.40. The van der Waals surface area contributed by atoms with Crippen LogP contribution in [0, 0.1) is 11.8 Å². The second kappa shape index (κ2) is 11.6. The molecule has 0 aromatic heterocycles. The van der Waals surface area contributed by atoms with Gasteiger partial charge in [-0.2, -0.15) is 0 Å². The van der Waals surface area contributed by atoms with Crippen molar-refractivity contribution in [2.45, 2.75) is 50.9 Å². The van der Waals surface area contributed by atoms with Gasteiger partial charge in [0.25, 0.3) is 11.8 Å². The van der Waals surface area contributed by atoms with E-state index in [0.717, 1.165) is 17.7 Å². The molecule has 5 N–H and O–H groups in total. The number of hydroxylamine groups is 1. The van der Waals surface area contributed by atoms with E-state index in [1.807, 2.05) is 18.2 Å². The lowest BCUT2D eigenvalue weighted by Gasteiger charge is -2.32. The van der Waals surface area contributed by atoms with Crippen molar-refractivity contribution in [3.63, 3.8) is 0 Å². The van der Waals surface area contributed by atoms with Crippen LogP contribution in [0.15, 0.2) is 54.6 Å². The third-order valence-electron chi connectivity index (χ3n) is 5.89. The van der Waals surface area contributed by atoms with Crippen LogP contribution in [0.3, 0.4) is 0 Å². The number of allylic oxidation sites excluding steroid dienone is 1. The zero-order chi connectivity index (χ0) is 24.6. The van der Waals surface area contributed by atoms with E-state index in [1.165, 1.54) is 18.4 Å². The summed E-state index contributed by atoms with van der Waals surface area (Å²) in [6, 6.07) is 14.9. The third kappa shape index (κ3) is 7.29. The van der Waals surface area contributed by atoms with E-state index in [4.69, 9.17) is 5.21 Å². The Morgan fingerprint density at radius 3 is 2.38 bits per heavy atom. The predicted molar refractivity (Wildman–Crippen MR) is 133 cm³/mol. The van der Waals surface area contributed by atoms with E-state index in [2.05, 4.69) is 39.9 Å². The minimum Gasteiger partial charge on any atom is -0.338 e. The number of benzene rings is 2. The second-order valence-corrected chi connectivity index (χ2v) is 8.93. The molecule has 1 aliphatic rings. The van der Waals surface area contributed by atoms with Gasteiger partial charge in [-0.3, -0.25) is 14.8 Å². The van der Waals surface area contributed by atoms with Crippen LogP contribution < -0.4 is 21.4 Å². The first-order valence-corrected chi connectivity index (χ1v) is 11.4. The molecule has 1 saturated carbocycles. The normalized spacial score (nSPS) is 14.2. The Morgan fingerprint density at radius 2 is 1.79 bits per heavy atom. The maximum atomic E-state index is 12.6. The predicted octanol–water partition coefficient (Wildman–Crippen LogP) is 2.61. The summed E-state index contributed by atoms with van der Waals surface area (Å²) in [5, 5.41) is 18.1. The van der Waals surface area contributed by atoms with Gasteiger partial charge in [0.05, 0.1) is 0 Å². The van der Waals surface area contributed by atoms with E-state index < -0.39 is 23.4 Å². The van der Waals surface area contributed by atoms with E-state index in [-0.39, 0.29) is 0 Å². The first kappa shape index (κ1) is 25.2. The third-order valence-corrected chi connectivity index (χ3v) is 5.89. The monoisotopic (exact) mass is 460 g/mol. The minimum absolute atomic E-state index is 0.405. The first-order chi connectivity index (χ1) is 16.3. The lowest BCUT2D eigenvalue weighted by molar-refractivity contribution is -0.132. The molecule has 2 aromatic rings. The van der Waals surface area contributed by atoms with Crippen molar-refractivity contribution in [3.8, 4) is 11.8 Å². The zero-order valence-electron chi connectivity index (χ0n) is 19.8. The smallest absolute Gasteiger partial charge is 0.267 e. The molecule has 1 aliphatic carbocycles.